The number of piperidine rings is 1. The van der Waals surface area contributed by atoms with E-state index in [1.54, 1.807) is 29.4 Å². The average molecular weight is 353 g/mol. The van der Waals surface area contributed by atoms with Crippen LogP contribution in [0.15, 0.2) is 41.1 Å². The molecule has 0 aliphatic carbocycles. The molecule has 4 rings (SSSR count). The van der Waals surface area contributed by atoms with Crippen molar-refractivity contribution in [2.24, 2.45) is 5.41 Å². The number of aromatic nitrogens is 1. The Morgan fingerprint density at radius 2 is 2.00 bits per heavy atom. The van der Waals surface area contributed by atoms with Crippen molar-refractivity contribution in [3.8, 4) is 0 Å². The zero-order valence-electron chi connectivity index (χ0n) is 15.0. The van der Waals surface area contributed by atoms with Crippen molar-refractivity contribution in [2.75, 3.05) is 19.6 Å². The van der Waals surface area contributed by atoms with E-state index in [1.165, 1.54) is 0 Å². The molecule has 2 aliphatic heterocycles. The smallest absolute Gasteiger partial charge is 0.289 e. The number of carbonyl (C=O) groups is 2. The summed E-state index contributed by atoms with van der Waals surface area (Å²) in [4.78, 5) is 33.6. The fourth-order valence-electron chi connectivity index (χ4n) is 4.14. The van der Waals surface area contributed by atoms with Gasteiger partial charge in [0.1, 0.15) is 5.76 Å². The van der Waals surface area contributed by atoms with E-state index >= 15 is 0 Å². The van der Waals surface area contributed by atoms with E-state index in [0.717, 1.165) is 37.1 Å². The number of likely N-dealkylation sites (tertiary alicyclic amines) is 2. The third kappa shape index (κ3) is 3.00. The molecule has 136 valence electrons. The van der Waals surface area contributed by atoms with Gasteiger partial charge in [-0.3, -0.25) is 14.6 Å². The summed E-state index contributed by atoms with van der Waals surface area (Å²) in [5.41, 5.74) is 0.642. The van der Waals surface area contributed by atoms with Gasteiger partial charge in [-0.05, 0) is 56.0 Å². The lowest BCUT2D eigenvalue weighted by Gasteiger charge is -2.38. The molecule has 1 spiro atoms. The van der Waals surface area contributed by atoms with E-state index in [9.17, 15) is 9.59 Å². The number of furan rings is 1. The molecule has 2 aromatic rings. The predicted molar refractivity (Wildman–Crippen MR) is 95.3 cm³/mol. The van der Waals surface area contributed by atoms with E-state index in [-0.39, 0.29) is 11.8 Å². The fourth-order valence-corrected chi connectivity index (χ4v) is 4.14. The van der Waals surface area contributed by atoms with Crippen LogP contribution in [0.3, 0.4) is 0 Å². The Morgan fingerprint density at radius 3 is 2.73 bits per heavy atom. The Balaban J connectivity index is 1.48. The second-order valence-corrected chi connectivity index (χ2v) is 7.35. The fraction of sp³-hybridized carbons (Fsp3) is 0.450. The van der Waals surface area contributed by atoms with Crippen LogP contribution < -0.4 is 0 Å². The lowest BCUT2D eigenvalue weighted by atomic mass is 9.78. The molecular formula is C20H23N3O3. The highest BCUT2D eigenvalue weighted by Crippen LogP contribution is 2.41. The molecule has 0 aromatic carbocycles. The minimum atomic E-state index is -0.442. The second-order valence-electron chi connectivity index (χ2n) is 7.35. The van der Waals surface area contributed by atoms with Gasteiger partial charge in [-0.1, -0.05) is 0 Å². The molecule has 6 heteroatoms. The minimum absolute atomic E-state index is 0.113. The molecule has 0 N–H and O–H groups in total. The molecule has 6 nitrogen and oxygen atoms in total. The van der Waals surface area contributed by atoms with E-state index in [0.29, 0.717) is 25.4 Å². The molecule has 1 atom stereocenters. The van der Waals surface area contributed by atoms with Gasteiger partial charge in [0.15, 0.2) is 5.76 Å². The summed E-state index contributed by atoms with van der Waals surface area (Å²) in [7, 11) is 0. The van der Waals surface area contributed by atoms with Crippen molar-refractivity contribution in [2.45, 2.75) is 32.7 Å². The highest BCUT2D eigenvalue weighted by Gasteiger charge is 2.49. The Hall–Kier alpha value is -2.63. The minimum Gasteiger partial charge on any atom is -0.456 e. The second kappa shape index (κ2) is 6.59. The number of rotatable bonds is 3. The topological polar surface area (TPSA) is 66.7 Å². The van der Waals surface area contributed by atoms with Gasteiger partial charge in [-0.15, -0.1) is 0 Å². The highest BCUT2D eigenvalue weighted by atomic mass is 16.3. The van der Waals surface area contributed by atoms with Gasteiger partial charge in [0.2, 0.25) is 5.91 Å². The van der Waals surface area contributed by atoms with Gasteiger partial charge in [0.25, 0.3) is 5.91 Å². The van der Waals surface area contributed by atoms with Crippen LogP contribution in [0, 0.1) is 12.3 Å². The number of hydrogen-bond acceptors (Lipinski definition) is 4. The molecule has 0 saturated carbocycles. The van der Waals surface area contributed by atoms with Crippen LogP contribution in [0.25, 0.3) is 0 Å². The van der Waals surface area contributed by atoms with Crippen LogP contribution in [0.2, 0.25) is 0 Å². The summed E-state index contributed by atoms with van der Waals surface area (Å²) in [5, 5.41) is 0. The molecule has 2 aromatic heterocycles. The van der Waals surface area contributed by atoms with Gasteiger partial charge >= 0.3 is 0 Å². The highest BCUT2D eigenvalue weighted by molar-refractivity contribution is 5.93. The van der Waals surface area contributed by atoms with Crippen molar-refractivity contribution in [1.29, 1.82) is 0 Å². The Morgan fingerprint density at radius 1 is 1.19 bits per heavy atom. The first-order chi connectivity index (χ1) is 12.6. The standard InChI is InChI=1S/C20H23N3O3/c1-15-3-4-17(26-15)18(24)23-11-2-7-20(14-23)8-12-22(19(20)25)13-16-5-9-21-10-6-16/h3-6,9-10H,2,7-8,11-14H2,1H3/t20-/m0/s1. The first kappa shape index (κ1) is 16.8. The normalized spacial score (nSPS) is 23.0. The number of carbonyl (C=O) groups excluding carboxylic acids is 2. The number of amides is 2. The molecule has 0 unspecified atom stereocenters. The molecule has 2 aliphatic rings. The molecule has 26 heavy (non-hydrogen) atoms. The zero-order chi connectivity index (χ0) is 18.1. The summed E-state index contributed by atoms with van der Waals surface area (Å²) in [6, 6.07) is 7.39. The van der Waals surface area contributed by atoms with Crippen LogP contribution in [0.4, 0.5) is 0 Å². The van der Waals surface area contributed by atoms with Crippen molar-refractivity contribution in [1.82, 2.24) is 14.8 Å². The van der Waals surface area contributed by atoms with Crippen LogP contribution in [0.1, 0.15) is 41.1 Å². The summed E-state index contributed by atoms with van der Waals surface area (Å²) >= 11 is 0. The predicted octanol–water partition coefficient (Wildman–Crippen LogP) is 2.64. The van der Waals surface area contributed by atoms with Gasteiger partial charge in [-0.25, -0.2) is 0 Å². The Labute approximate surface area is 152 Å². The van der Waals surface area contributed by atoms with Crippen molar-refractivity contribution in [3.63, 3.8) is 0 Å². The number of aryl methyl sites for hydroxylation is 1. The maximum atomic E-state index is 13.1. The summed E-state index contributed by atoms with van der Waals surface area (Å²) in [6.07, 6.45) is 5.99. The molecule has 4 heterocycles. The van der Waals surface area contributed by atoms with Crippen molar-refractivity contribution in [3.05, 3.63) is 53.7 Å². The summed E-state index contributed by atoms with van der Waals surface area (Å²) in [5.74, 6) is 1.14. The van der Waals surface area contributed by atoms with E-state index < -0.39 is 5.41 Å². The number of pyridine rings is 1. The van der Waals surface area contributed by atoms with Gasteiger partial charge in [-0.2, -0.15) is 0 Å². The summed E-state index contributed by atoms with van der Waals surface area (Å²) < 4.78 is 5.48. The third-order valence-corrected chi connectivity index (χ3v) is 5.54. The summed E-state index contributed by atoms with van der Waals surface area (Å²) in [6.45, 7) is 4.33. The van der Waals surface area contributed by atoms with Crippen molar-refractivity contribution >= 4 is 11.8 Å². The monoisotopic (exact) mass is 353 g/mol. The third-order valence-electron chi connectivity index (χ3n) is 5.54. The van der Waals surface area contributed by atoms with Crippen LogP contribution >= 0.6 is 0 Å². The molecular weight excluding hydrogens is 330 g/mol. The molecule has 2 amide bonds. The molecule has 0 bridgehead atoms. The van der Waals surface area contributed by atoms with Gasteiger partial charge < -0.3 is 14.2 Å². The lowest BCUT2D eigenvalue weighted by Crippen LogP contribution is -2.49. The maximum Gasteiger partial charge on any atom is 0.289 e. The Bertz CT molecular complexity index is 817. The first-order valence-electron chi connectivity index (χ1n) is 9.11. The van der Waals surface area contributed by atoms with Crippen LogP contribution in [0.5, 0.6) is 0 Å². The van der Waals surface area contributed by atoms with Gasteiger partial charge in [0, 0.05) is 38.6 Å². The van der Waals surface area contributed by atoms with Crippen LogP contribution in [-0.4, -0.2) is 46.2 Å². The zero-order valence-corrected chi connectivity index (χ0v) is 15.0. The van der Waals surface area contributed by atoms with Crippen LogP contribution in [-0.2, 0) is 11.3 Å². The molecule has 2 fully saturated rings. The largest absolute Gasteiger partial charge is 0.456 e. The number of nitrogens with zero attached hydrogens (tertiary/aromatic N) is 3. The lowest BCUT2D eigenvalue weighted by molar-refractivity contribution is -0.138. The first-order valence-corrected chi connectivity index (χ1v) is 9.11. The quantitative estimate of drug-likeness (QED) is 0.851. The van der Waals surface area contributed by atoms with E-state index in [4.69, 9.17) is 4.42 Å². The van der Waals surface area contributed by atoms with Crippen molar-refractivity contribution < 1.29 is 14.0 Å². The van der Waals surface area contributed by atoms with Gasteiger partial charge in [0.05, 0.1) is 5.41 Å². The Kier molecular flexibility index (Phi) is 4.26. The van der Waals surface area contributed by atoms with E-state index in [2.05, 4.69) is 4.98 Å². The molecule has 2 saturated heterocycles. The average Bonchev–Trinajstić information content (AvgIpc) is 3.22. The maximum absolute atomic E-state index is 13.1. The number of hydrogen-bond donors (Lipinski definition) is 0. The SMILES string of the molecule is Cc1ccc(C(=O)N2CCC[C@]3(CCN(Cc4ccncc4)C3=O)C2)o1. The van der Waals surface area contributed by atoms with E-state index in [1.807, 2.05) is 24.0 Å². The molecule has 0 radical (unpaired) electrons.